The van der Waals surface area contributed by atoms with E-state index in [-0.39, 0.29) is 30.5 Å². The maximum absolute atomic E-state index is 14.1. The second-order valence-corrected chi connectivity index (χ2v) is 14.6. The second-order valence-electron chi connectivity index (χ2n) is 14.6. The van der Waals surface area contributed by atoms with Crippen LogP contribution in [0, 0.1) is 11.8 Å². The van der Waals surface area contributed by atoms with Gasteiger partial charge in [-0.2, -0.15) is 0 Å². The Balaban J connectivity index is 0.901. The van der Waals surface area contributed by atoms with Crippen LogP contribution < -0.4 is 5.32 Å². The average Bonchev–Trinajstić information content (AvgIpc) is 4.11. The van der Waals surface area contributed by atoms with Gasteiger partial charge in [0.25, 0.3) is 5.91 Å². The number of amides is 4. The van der Waals surface area contributed by atoms with Crippen molar-refractivity contribution in [1.82, 2.24) is 40.0 Å². The first-order valence-corrected chi connectivity index (χ1v) is 19.5. The molecule has 8 rings (SSSR count). The van der Waals surface area contributed by atoms with Crippen LogP contribution in [0.1, 0.15) is 79.1 Å². The number of H-pyrrole nitrogens is 2. The highest BCUT2D eigenvalue weighted by Gasteiger charge is 2.42. The van der Waals surface area contributed by atoms with Gasteiger partial charge >= 0.3 is 12.2 Å². The number of methoxy groups -OCH3 is 1. The van der Waals surface area contributed by atoms with E-state index in [0.717, 1.165) is 64.9 Å². The molecule has 3 aliphatic rings. The highest BCUT2D eigenvalue weighted by atomic mass is 16.6. The van der Waals surface area contributed by atoms with Crippen LogP contribution in [0.2, 0.25) is 0 Å². The molecule has 0 spiro atoms. The molecule has 0 bridgehead atoms. The van der Waals surface area contributed by atoms with Crippen LogP contribution in [0.3, 0.4) is 0 Å². The molecule has 5 aromatic rings. The van der Waals surface area contributed by atoms with Gasteiger partial charge in [0.1, 0.15) is 30.3 Å². The molecule has 4 atom stereocenters. The summed E-state index contributed by atoms with van der Waals surface area (Å²) < 4.78 is 9.86. The summed E-state index contributed by atoms with van der Waals surface area (Å²) in [6, 6.07) is 23.3. The second kappa shape index (κ2) is 16.7. The van der Waals surface area contributed by atoms with E-state index in [1.54, 1.807) is 24.2 Å². The third-order valence-electron chi connectivity index (χ3n) is 11.0. The van der Waals surface area contributed by atoms with Crippen molar-refractivity contribution >= 4 is 24.0 Å². The number of imidazole rings is 2. The molecule has 5 heterocycles. The van der Waals surface area contributed by atoms with Crippen molar-refractivity contribution in [3.05, 3.63) is 120 Å². The minimum Gasteiger partial charge on any atom is -0.453 e. The Bertz CT molecular complexity index is 2350. The van der Waals surface area contributed by atoms with Crippen molar-refractivity contribution in [3.63, 3.8) is 0 Å². The number of carbonyl (C=O) groups is 4. The van der Waals surface area contributed by atoms with Gasteiger partial charge in [-0.05, 0) is 73.6 Å². The van der Waals surface area contributed by atoms with Crippen molar-refractivity contribution in [3.8, 4) is 34.4 Å². The van der Waals surface area contributed by atoms with Crippen LogP contribution in [0.4, 0.5) is 9.59 Å². The molecule has 14 heteroatoms. The topological polar surface area (TPSA) is 166 Å². The number of hydrogen-bond donors (Lipinski definition) is 3. The Kier molecular flexibility index (Phi) is 10.9. The Morgan fingerprint density at radius 2 is 1.31 bits per heavy atom. The molecule has 3 aliphatic heterocycles. The van der Waals surface area contributed by atoms with E-state index in [0.29, 0.717) is 31.3 Å². The number of likely N-dealkylation sites (tertiary alicyclic amines) is 2. The van der Waals surface area contributed by atoms with Gasteiger partial charge in [0.05, 0.1) is 49.5 Å². The molecule has 4 amide bonds. The normalized spacial score (nSPS) is 18.7. The van der Waals surface area contributed by atoms with Gasteiger partial charge in [0.2, 0.25) is 5.91 Å². The van der Waals surface area contributed by atoms with Crippen LogP contribution in [0.25, 0.3) is 22.5 Å². The fourth-order valence-electron chi connectivity index (χ4n) is 7.98. The molecule has 0 aliphatic carbocycles. The monoisotopic (exact) mass is 780 g/mol. The standard InChI is InChI=1S/C44H44N8O6/c1-28(47-43(55)57-2)41(53)50-22-6-10-36(50)39-45-26-34(48-39)31-18-14-29(15-19-31)12-13-30-16-20-32(21-17-30)35-27-46-40(49-35)37-11-7-23-51(37)42(54)38(33-8-4-3-5-9-33)52-24-25-58-44(52)56/h3-5,8-9,14-21,26-28,36-38H,6-7,10-11,22-25H2,1-2H3,(H,45,48)(H,46,49)(H,47,55). The van der Waals surface area contributed by atoms with E-state index >= 15 is 0 Å². The van der Waals surface area contributed by atoms with Gasteiger partial charge in [-0.1, -0.05) is 66.4 Å². The maximum Gasteiger partial charge on any atom is 0.410 e. The molecule has 296 valence electrons. The van der Waals surface area contributed by atoms with Gasteiger partial charge in [-0.3, -0.25) is 14.5 Å². The molecule has 3 N–H and O–H groups in total. The summed E-state index contributed by atoms with van der Waals surface area (Å²) >= 11 is 0. The lowest BCUT2D eigenvalue weighted by Crippen LogP contribution is -2.46. The van der Waals surface area contributed by atoms with Crippen molar-refractivity contribution in [2.75, 3.05) is 33.4 Å². The molecule has 2 aromatic heterocycles. The lowest BCUT2D eigenvalue weighted by Gasteiger charge is -2.32. The summed E-state index contributed by atoms with van der Waals surface area (Å²) in [5.74, 6) is 7.60. The summed E-state index contributed by atoms with van der Waals surface area (Å²) in [5.41, 5.74) is 6.04. The third-order valence-corrected chi connectivity index (χ3v) is 11.0. The lowest BCUT2D eigenvalue weighted by molar-refractivity contribution is -0.137. The average molecular weight is 781 g/mol. The van der Waals surface area contributed by atoms with Crippen molar-refractivity contribution in [2.45, 2.75) is 56.8 Å². The largest absolute Gasteiger partial charge is 0.453 e. The number of aromatic nitrogens is 4. The van der Waals surface area contributed by atoms with Gasteiger partial charge < -0.3 is 34.6 Å². The molecule has 3 aromatic carbocycles. The molecule has 0 radical (unpaired) electrons. The first kappa shape index (κ1) is 38.0. The molecular weight excluding hydrogens is 737 g/mol. The fraction of sp³-hybridized carbons (Fsp3) is 0.318. The number of hydrogen-bond acceptors (Lipinski definition) is 8. The summed E-state index contributed by atoms with van der Waals surface area (Å²) in [6.07, 6.45) is 5.67. The Morgan fingerprint density at radius 3 is 1.81 bits per heavy atom. The van der Waals surface area contributed by atoms with Gasteiger partial charge in [-0.25, -0.2) is 19.6 Å². The highest BCUT2D eigenvalue weighted by Crippen LogP contribution is 2.37. The third kappa shape index (κ3) is 7.88. The first-order valence-electron chi connectivity index (χ1n) is 19.5. The summed E-state index contributed by atoms with van der Waals surface area (Å²) in [6.45, 7) is 3.44. The number of nitrogens with one attached hydrogen (secondary N) is 3. The van der Waals surface area contributed by atoms with Gasteiger partial charge in [0, 0.05) is 24.2 Å². The van der Waals surface area contributed by atoms with Crippen LogP contribution in [-0.4, -0.2) is 98.0 Å². The van der Waals surface area contributed by atoms with Crippen molar-refractivity contribution in [2.24, 2.45) is 0 Å². The Morgan fingerprint density at radius 1 is 0.776 bits per heavy atom. The van der Waals surface area contributed by atoms with Crippen LogP contribution in [-0.2, 0) is 19.1 Å². The van der Waals surface area contributed by atoms with Crippen LogP contribution in [0.5, 0.6) is 0 Å². The molecule has 14 nitrogen and oxygen atoms in total. The van der Waals surface area contributed by atoms with Crippen molar-refractivity contribution in [1.29, 1.82) is 0 Å². The Hall–Kier alpha value is -6.88. The van der Waals surface area contributed by atoms with E-state index < -0.39 is 24.3 Å². The van der Waals surface area contributed by atoms with E-state index in [2.05, 4.69) is 36.8 Å². The lowest BCUT2D eigenvalue weighted by atomic mass is 10.0. The fourth-order valence-corrected chi connectivity index (χ4v) is 7.98. The SMILES string of the molecule is COC(=O)NC(C)C(=O)N1CCCC1c1ncc(-c2ccc(C#Cc3ccc(-c4cnc(C5CCCN5C(=O)C(c5ccccc5)N5CCOC5=O)[nH]4)cc3)cc2)[nH]1. The number of ether oxygens (including phenoxy) is 2. The van der Waals surface area contributed by atoms with Crippen molar-refractivity contribution < 1.29 is 28.7 Å². The quantitative estimate of drug-likeness (QED) is 0.150. The number of alkyl carbamates (subject to hydrolysis) is 1. The number of benzene rings is 3. The van der Waals surface area contributed by atoms with E-state index in [9.17, 15) is 19.2 Å². The number of carbonyl (C=O) groups excluding carboxylic acids is 4. The number of aromatic amines is 2. The molecule has 0 saturated carbocycles. The highest BCUT2D eigenvalue weighted by molar-refractivity contribution is 5.88. The molecule has 4 unspecified atom stereocenters. The zero-order valence-corrected chi connectivity index (χ0v) is 32.3. The predicted molar refractivity (Wildman–Crippen MR) is 214 cm³/mol. The molecule has 3 saturated heterocycles. The minimum absolute atomic E-state index is 0.137. The van der Waals surface area contributed by atoms with Gasteiger partial charge in [0.15, 0.2) is 0 Å². The number of cyclic esters (lactones) is 1. The van der Waals surface area contributed by atoms with E-state index in [1.807, 2.05) is 83.8 Å². The van der Waals surface area contributed by atoms with E-state index in [1.165, 1.54) is 12.0 Å². The number of rotatable bonds is 9. The van der Waals surface area contributed by atoms with Gasteiger partial charge in [-0.15, -0.1) is 0 Å². The predicted octanol–water partition coefficient (Wildman–Crippen LogP) is 6.13. The minimum atomic E-state index is -0.759. The molecule has 58 heavy (non-hydrogen) atoms. The molecular formula is C44H44N8O6. The Labute approximate surface area is 336 Å². The zero-order valence-electron chi connectivity index (χ0n) is 32.3. The summed E-state index contributed by atoms with van der Waals surface area (Å²) in [5, 5.41) is 2.55. The van der Waals surface area contributed by atoms with E-state index in [4.69, 9.17) is 9.72 Å². The number of nitrogens with zero attached hydrogens (tertiary/aromatic N) is 5. The van der Waals surface area contributed by atoms with Crippen LogP contribution in [0.15, 0.2) is 91.3 Å². The maximum atomic E-state index is 14.1. The smallest absolute Gasteiger partial charge is 0.410 e. The summed E-state index contributed by atoms with van der Waals surface area (Å²) in [7, 11) is 1.27. The summed E-state index contributed by atoms with van der Waals surface area (Å²) in [4.78, 5) is 72.7. The van der Waals surface area contributed by atoms with Crippen LogP contribution >= 0.6 is 0 Å². The zero-order chi connectivity index (χ0) is 40.2. The first-order chi connectivity index (χ1) is 28.3. The molecule has 3 fully saturated rings.